The maximum atomic E-state index is 4.85. The van der Waals surface area contributed by atoms with Crippen LogP contribution in [-0.4, -0.2) is 22.9 Å². The van der Waals surface area contributed by atoms with E-state index in [1.54, 1.807) is 0 Å². The van der Waals surface area contributed by atoms with Gasteiger partial charge in [0.15, 0.2) is 0 Å². The van der Waals surface area contributed by atoms with Crippen molar-refractivity contribution in [1.82, 2.24) is 15.1 Å². The van der Waals surface area contributed by atoms with Gasteiger partial charge in [0.05, 0.1) is 5.69 Å². The average molecular weight is 311 g/mol. The number of rotatable bonds is 5. The third-order valence-corrected chi connectivity index (χ3v) is 4.95. The zero-order valence-corrected chi connectivity index (χ0v) is 14.7. The first kappa shape index (κ1) is 16.3. The van der Waals surface area contributed by atoms with Crippen molar-refractivity contribution in [2.75, 3.05) is 13.1 Å². The van der Waals surface area contributed by atoms with E-state index in [9.17, 15) is 0 Å². The van der Waals surface area contributed by atoms with Crippen LogP contribution in [0.4, 0.5) is 0 Å². The minimum absolute atomic E-state index is 0.592. The van der Waals surface area contributed by atoms with Gasteiger partial charge in [0.1, 0.15) is 0 Å². The Morgan fingerprint density at radius 1 is 1.17 bits per heavy atom. The lowest BCUT2D eigenvalue weighted by Crippen LogP contribution is -2.27. The molecule has 2 aromatic rings. The molecule has 1 aliphatic rings. The van der Waals surface area contributed by atoms with Crippen LogP contribution in [0.3, 0.4) is 0 Å². The number of aromatic nitrogens is 2. The number of benzene rings is 1. The van der Waals surface area contributed by atoms with Crippen molar-refractivity contribution in [2.24, 2.45) is 0 Å². The number of nitrogens with one attached hydrogen (secondary N) is 1. The number of hydrogen-bond acceptors (Lipinski definition) is 2. The Labute approximate surface area is 140 Å². The summed E-state index contributed by atoms with van der Waals surface area (Å²) in [6.07, 6.45) is 3.39. The standard InChI is InChI=1S/C20H29N3/c1-4-23-20(18-9-11-21-12-10-18)14-19(22-23)13-16-5-7-17(8-6-16)15(2)3/h5-8,14-15,18,21H,4,9-13H2,1-3H3. The molecule has 1 aromatic carbocycles. The highest BCUT2D eigenvalue weighted by Crippen LogP contribution is 2.26. The summed E-state index contributed by atoms with van der Waals surface area (Å²) in [4.78, 5) is 0. The monoisotopic (exact) mass is 311 g/mol. The molecule has 1 saturated heterocycles. The van der Waals surface area contributed by atoms with Crippen LogP contribution < -0.4 is 5.32 Å². The molecule has 124 valence electrons. The first-order chi connectivity index (χ1) is 11.2. The first-order valence-electron chi connectivity index (χ1n) is 9.03. The van der Waals surface area contributed by atoms with E-state index in [0.717, 1.165) is 26.1 Å². The van der Waals surface area contributed by atoms with E-state index in [4.69, 9.17) is 5.10 Å². The van der Waals surface area contributed by atoms with Crippen LogP contribution in [0.2, 0.25) is 0 Å². The zero-order valence-electron chi connectivity index (χ0n) is 14.7. The van der Waals surface area contributed by atoms with E-state index in [-0.39, 0.29) is 0 Å². The summed E-state index contributed by atoms with van der Waals surface area (Å²) in [6.45, 7) is 9.90. The van der Waals surface area contributed by atoms with Gasteiger partial charge in [-0.3, -0.25) is 4.68 Å². The van der Waals surface area contributed by atoms with Crippen molar-refractivity contribution < 1.29 is 0 Å². The number of hydrogen-bond donors (Lipinski definition) is 1. The van der Waals surface area contributed by atoms with E-state index in [1.807, 2.05) is 0 Å². The van der Waals surface area contributed by atoms with E-state index >= 15 is 0 Å². The molecule has 2 heterocycles. The Balaban J connectivity index is 1.76. The third kappa shape index (κ3) is 3.84. The molecule has 1 N–H and O–H groups in total. The molecule has 1 aliphatic heterocycles. The van der Waals surface area contributed by atoms with Crippen molar-refractivity contribution >= 4 is 0 Å². The second-order valence-electron chi connectivity index (χ2n) is 6.97. The minimum atomic E-state index is 0.592. The van der Waals surface area contributed by atoms with Crippen molar-refractivity contribution in [1.29, 1.82) is 0 Å². The fourth-order valence-corrected chi connectivity index (χ4v) is 3.50. The second-order valence-corrected chi connectivity index (χ2v) is 6.97. The summed E-state index contributed by atoms with van der Waals surface area (Å²) in [5.41, 5.74) is 5.40. The number of piperidine rings is 1. The summed E-state index contributed by atoms with van der Waals surface area (Å²) in [7, 11) is 0. The average Bonchev–Trinajstić information content (AvgIpc) is 2.99. The lowest BCUT2D eigenvalue weighted by molar-refractivity contribution is 0.432. The van der Waals surface area contributed by atoms with Crippen molar-refractivity contribution in [3.05, 3.63) is 52.8 Å². The molecule has 3 rings (SSSR count). The van der Waals surface area contributed by atoms with Gasteiger partial charge in [-0.2, -0.15) is 5.10 Å². The normalized spacial score (nSPS) is 16.2. The smallest absolute Gasteiger partial charge is 0.0671 e. The maximum absolute atomic E-state index is 4.85. The molecule has 0 spiro atoms. The van der Waals surface area contributed by atoms with Gasteiger partial charge in [0.25, 0.3) is 0 Å². The number of aryl methyl sites for hydroxylation is 1. The second kappa shape index (κ2) is 7.31. The highest BCUT2D eigenvalue weighted by atomic mass is 15.3. The molecule has 0 atom stereocenters. The molecular formula is C20H29N3. The van der Waals surface area contributed by atoms with Gasteiger partial charge in [-0.25, -0.2) is 0 Å². The molecular weight excluding hydrogens is 282 g/mol. The summed E-state index contributed by atoms with van der Waals surface area (Å²) in [6, 6.07) is 11.4. The lowest BCUT2D eigenvalue weighted by atomic mass is 9.94. The quantitative estimate of drug-likeness (QED) is 0.901. The van der Waals surface area contributed by atoms with Gasteiger partial charge in [-0.1, -0.05) is 38.1 Å². The fraction of sp³-hybridized carbons (Fsp3) is 0.550. The molecule has 0 aliphatic carbocycles. The van der Waals surface area contributed by atoms with Crippen LogP contribution >= 0.6 is 0 Å². The summed E-state index contributed by atoms with van der Waals surface area (Å²) >= 11 is 0. The summed E-state index contributed by atoms with van der Waals surface area (Å²) < 4.78 is 2.22. The molecule has 0 amide bonds. The fourth-order valence-electron chi connectivity index (χ4n) is 3.50. The molecule has 3 nitrogen and oxygen atoms in total. The molecule has 1 aromatic heterocycles. The van der Waals surface area contributed by atoms with Crippen LogP contribution in [0.25, 0.3) is 0 Å². The first-order valence-corrected chi connectivity index (χ1v) is 9.03. The largest absolute Gasteiger partial charge is 0.317 e. The van der Waals surface area contributed by atoms with Crippen LogP contribution in [-0.2, 0) is 13.0 Å². The maximum Gasteiger partial charge on any atom is 0.0671 e. The van der Waals surface area contributed by atoms with Crippen LogP contribution in [0.5, 0.6) is 0 Å². The minimum Gasteiger partial charge on any atom is -0.317 e. The Hall–Kier alpha value is -1.61. The molecule has 0 radical (unpaired) electrons. The Bertz CT molecular complexity index is 619. The van der Waals surface area contributed by atoms with E-state index in [0.29, 0.717) is 11.8 Å². The SMILES string of the molecule is CCn1nc(Cc2ccc(C(C)C)cc2)cc1C1CCNCC1. The van der Waals surface area contributed by atoms with Crippen LogP contribution in [0.15, 0.2) is 30.3 Å². The molecule has 1 fully saturated rings. The van der Waals surface area contributed by atoms with E-state index < -0.39 is 0 Å². The van der Waals surface area contributed by atoms with Crippen molar-refractivity contribution in [3.63, 3.8) is 0 Å². The van der Waals surface area contributed by atoms with Crippen LogP contribution in [0.1, 0.15) is 68.0 Å². The molecule has 0 unspecified atom stereocenters. The highest BCUT2D eigenvalue weighted by Gasteiger charge is 2.20. The Morgan fingerprint density at radius 3 is 2.48 bits per heavy atom. The number of nitrogens with zero attached hydrogens (tertiary/aromatic N) is 2. The van der Waals surface area contributed by atoms with E-state index in [2.05, 4.69) is 61.1 Å². The third-order valence-electron chi connectivity index (χ3n) is 4.95. The van der Waals surface area contributed by atoms with Crippen molar-refractivity contribution in [3.8, 4) is 0 Å². The molecule has 0 bridgehead atoms. The van der Waals surface area contributed by atoms with Gasteiger partial charge in [0, 0.05) is 24.6 Å². The van der Waals surface area contributed by atoms with Gasteiger partial charge in [0.2, 0.25) is 0 Å². The predicted molar refractivity (Wildman–Crippen MR) is 96.1 cm³/mol. The van der Waals surface area contributed by atoms with Gasteiger partial charge >= 0.3 is 0 Å². The Morgan fingerprint density at radius 2 is 1.87 bits per heavy atom. The summed E-state index contributed by atoms with van der Waals surface area (Å²) in [5, 5.41) is 8.31. The topological polar surface area (TPSA) is 29.9 Å². The summed E-state index contributed by atoms with van der Waals surface area (Å²) in [5.74, 6) is 1.26. The highest BCUT2D eigenvalue weighted by molar-refractivity contribution is 5.28. The zero-order chi connectivity index (χ0) is 16.2. The van der Waals surface area contributed by atoms with Crippen molar-refractivity contribution in [2.45, 2.75) is 58.4 Å². The molecule has 23 heavy (non-hydrogen) atoms. The lowest BCUT2D eigenvalue weighted by Gasteiger charge is -2.23. The van der Waals surface area contributed by atoms with Crippen LogP contribution in [0, 0.1) is 0 Å². The predicted octanol–water partition coefficient (Wildman–Crippen LogP) is 4.08. The molecule has 0 saturated carbocycles. The van der Waals surface area contributed by atoms with Gasteiger partial charge in [-0.05, 0) is 56.0 Å². The Kier molecular flexibility index (Phi) is 5.16. The van der Waals surface area contributed by atoms with Gasteiger partial charge < -0.3 is 5.32 Å². The van der Waals surface area contributed by atoms with Gasteiger partial charge in [-0.15, -0.1) is 0 Å². The molecule has 3 heteroatoms. The van der Waals surface area contributed by atoms with E-state index in [1.165, 1.54) is 35.4 Å².